The predicted octanol–water partition coefficient (Wildman–Crippen LogP) is 2.21. The van der Waals surface area contributed by atoms with E-state index in [-0.39, 0.29) is 17.3 Å². The van der Waals surface area contributed by atoms with Crippen molar-refractivity contribution in [1.29, 1.82) is 0 Å². The first-order chi connectivity index (χ1) is 12.2. The number of carbonyl (C=O) groups is 1. The number of halogens is 1. The number of aromatic nitrogens is 1. The number of amides is 1. The zero-order valence-corrected chi connectivity index (χ0v) is 16.2. The Morgan fingerprint density at radius 3 is 2.65 bits per heavy atom. The van der Waals surface area contributed by atoms with Crippen LogP contribution in [0.15, 0.2) is 42.7 Å². The molecule has 2 rings (SSSR count). The highest BCUT2D eigenvalue weighted by Crippen LogP contribution is 2.31. The Labute approximate surface area is 158 Å². The summed E-state index contributed by atoms with van der Waals surface area (Å²) in [5.74, 6) is -0.0243. The van der Waals surface area contributed by atoms with Gasteiger partial charge in [0.25, 0.3) is 0 Å². The molecule has 1 aromatic carbocycles. The SMILES string of the molecule is COc1ccc(N([C@H](C)C(=O)NCc2cccnc2)S(C)(=O)=O)cc1Cl. The third kappa shape index (κ3) is 4.86. The molecule has 0 unspecified atom stereocenters. The molecule has 0 bridgehead atoms. The number of ether oxygens (including phenoxy) is 1. The maximum absolute atomic E-state index is 12.5. The molecule has 0 radical (unpaired) electrons. The van der Waals surface area contributed by atoms with Crippen LogP contribution in [0.5, 0.6) is 5.75 Å². The van der Waals surface area contributed by atoms with Gasteiger partial charge in [-0.05, 0) is 36.8 Å². The lowest BCUT2D eigenvalue weighted by Gasteiger charge is -2.28. The maximum atomic E-state index is 12.5. The summed E-state index contributed by atoms with van der Waals surface area (Å²) in [6.07, 6.45) is 4.30. The summed E-state index contributed by atoms with van der Waals surface area (Å²) in [6, 6.07) is 7.15. The Kier molecular flexibility index (Phi) is 6.44. The van der Waals surface area contributed by atoms with E-state index >= 15 is 0 Å². The first-order valence-corrected chi connectivity index (χ1v) is 9.96. The molecule has 0 spiro atoms. The Balaban J connectivity index is 2.23. The third-order valence-electron chi connectivity index (χ3n) is 3.67. The van der Waals surface area contributed by atoms with Gasteiger partial charge in [0.2, 0.25) is 15.9 Å². The average Bonchev–Trinajstić information content (AvgIpc) is 2.59. The molecule has 1 atom stereocenters. The number of nitrogens with zero attached hydrogens (tertiary/aromatic N) is 2. The fraction of sp³-hybridized carbons (Fsp3) is 0.294. The summed E-state index contributed by atoms with van der Waals surface area (Å²) in [4.78, 5) is 16.5. The van der Waals surface area contributed by atoms with Crippen LogP contribution in [0.3, 0.4) is 0 Å². The molecule has 26 heavy (non-hydrogen) atoms. The highest BCUT2D eigenvalue weighted by molar-refractivity contribution is 7.92. The van der Waals surface area contributed by atoms with E-state index in [4.69, 9.17) is 16.3 Å². The van der Waals surface area contributed by atoms with Crippen LogP contribution in [0, 0.1) is 0 Å². The van der Waals surface area contributed by atoms with Crippen LogP contribution in [0.25, 0.3) is 0 Å². The van der Waals surface area contributed by atoms with E-state index < -0.39 is 22.0 Å². The molecule has 1 heterocycles. The quantitative estimate of drug-likeness (QED) is 0.773. The Morgan fingerprint density at radius 1 is 1.38 bits per heavy atom. The van der Waals surface area contributed by atoms with Crippen molar-refractivity contribution < 1.29 is 17.9 Å². The molecule has 0 fully saturated rings. The number of sulfonamides is 1. The molecule has 0 aliphatic carbocycles. The summed E-state index contributed by atoms with van der Waals surface area (Å²) >= 11 is 6.10. The van der Waals surface area contributed by atoms with E-state index in [2.05, 4.69) is 10.3 Å². The van der Waals surface area contributed by atoms with Crippen LogP contribution in [0.4, 0.5) is 5.69 Å². The molecule has 0 aliphatic rings. The molecular formula is C17H20ClN3O4S. The number of rotatable bonds is 7. The van der Waals surface area contributed by atoms with Crippen LogP contribution in [0.1, 0.15) is 12.5 Å². The van der Waals surface area contributed by atoms with Gasteiger partial charge in [-0.15, -0.1) is 0 Å². The largest absolute Gasteiger partial charge is 0.495 e. The fourth-order valence-electron chi connectivity index (χ4n) is 2.44. The van der Waals surface area contributed by atoms with Gasteiger partial charge in [-0.3, -0.25) is 14.1 Å². The van der Waals surface area contributed by atoms with Gasteiger partial charge in [-0.25, -0.2) is 8.42 Å². The third-order valence-corrected chi connectivity index (χ3v) is 5.20. The fourth-order valence-corrected chi connectivity index (χ4v) is 3.86. The zero-order valence-electron chi connectivity index (χ0n) is 14.6. The van der Waals surface area contributed by atoms with Gasteiger partial charge >= 0.3 is 0 Å². The summed E-state index contributed by atoms with van der Waals surface area (Å²) in [6.45, 7) is 1.76. The van der Waals surface area contributed by atoms with Crippen LogP contribution in [-0.2, 0) is 21.4 Å². The van der Waals surface area contributed by atoms with Gasteiger partial charge < -0.3 is 10.1 Å². The smallest absolute Gasteiger partial charge is 0.243 e. The standard InChI is InChI=1S/C17H20ClN3O4S/c1-12(17(22)20-11-13-5-4-8-19-10-13)21(26(3,23)24)14-6-7-16(25-2)15(18)9-14/h4-10,12H,11H2,1-3H3,(H,20,22)/t12-/m1/s1. The van der Waals surface area contributed by atoms with Crippen molar-refractivity contribution in [3.63, 3.8) is 0 Å². The number of carbonyl (C=O) groups excluding carboxylic acids is 1. The van der Waals surface area contributed by atoms with Crippen LogP contribution < -0.4 is 14.4 Å². The molecular weight excluding hydrogens is 378 g/mol. The lowest BCUT2D eigenvalue weighted by molar-refractivity contribution is -0.122. The lowest BCUT2D eigenvalue weighted by atomic mass is 10.2. The zero-order chi connectivity index (χ0) is 19.3. The minimum atomic E-state index is -3.72. The van der Waals surface area contributed by atoms with Crippen LogP contribution in [-0.4, -0.2) is 38.7 Å². The summed E-state index contributed by atoms with van der Waals surface area (Å²) < 4.78 is 30.7. The topological polar surface area (TPSA) is 88.6 Å². The van der Waals surface area contributed by atoms with E-state index in [9.17, 15) is 13.2 Å². The molecule has 2 aromatic rings. The summed E-state index contributed by atoms with van der Waals surface area (Å²) in [7, 11) is -2.26. The number of pyridine rings is 1. The van der Waals surface area contributed by atoms with Crippen molar-refractivity contribution in [2.45, 2.75) is 19.5 Å². The first-order valence-electron chi connectivity index (χ1n) is 7.73. The lowest BCUT2D eigenvalue weighted by Crippen LogP contribution is -2.47. The van der Waals surface area contributed by atoms with E-state index in [1.807, 2.05) is 6.07 Å². The molecule has 0 saturated carbocycles. The first kappa shape index (κ1) is 20.0. The molecule has 140 valence electrons. The van der Waals surface area contributed by atoms with Crippen molar-refractivity contribution in [2.24, 2.45) is 0 Å². The predicted molar refractivity (Wildman–Crippen MR) is 101 cm³/mol. The van der Waals surface area contributed by atoms with Crippen molar-refractivity contribution in [2.75, 3.05) is 17.7 Å². The molecule has 0 aliphatic heterocycles. The molecule has 1 N–H and O–H groups in total. The van der Waals surface area contributed by atoms with Crippen molar-refractivity contribution >= 4 is 33.2 Å². The number of hydrogen-bond acceptors (Lipinski definition) is 5. The van der Waals surface area contributed by atoms with Gasteiger partial charge in [-0.2, -0.15) is 0 Å². The molecule has 7 nitrogen and oxygen atoms in total. The van der Waals surface area contributed by atoms with Gasteiger partial charge in [0.1, 0.15) is 11.8 Å². The number of methoxy groups -OCH3 is 1. The van der Waals surface area contributed by atoms with Crippen molar-refractivity contribution in [3.05, 3.63) is 53.3 Å². The van der Waals surface area contributed by atoms with E-state index in [0.29, 0.717) is 5.75 Å². The van der Waals surface area contributed by atoms with E-state index in [1.165, 1.54) is 26.2 Å². The second kappa shape index (κ2) is 8.37. The van der Waals surface area contributed by atoms with Gasteiger partial charge in [0.05, 0.1) is 24.1 Å². The second-order valence-electron chi connectivity index (χ2n) is 5.63. The molecule has 1 amide bonds. The van der Waals surface area contributed by atoms with Gasteiger partial charge in [-0.1, -0.05) is 17.7 Å². The van der Waals surface area contributed by atoms with Gasteiger partial charge in [0.15, 0.2) is 0 Å². The maximum Gasteiger partial charge on any atom is 0.243 e. The Morgan fingerprint density at radius 2 is 2.12 bits per heavy atom. The monoisotopic (exact) mass is 397 g/mol. The molecule has 9 heteroatoms. The number of benzene rings is 1. The summed E-state index contributed by atoms with van der Waals surface area (Å²) in [5.41, 5.74) is 1.09. The normalized spacial score (nSPS) is 12.3. The van der Waals surface area contributed by atoms with Crippen LogP contribution in [0.2, 0.25) is 5.02 Å². The van der Waals surface area contributed by atoms with Gasteiger partial charge in [0, 0.05) is 18.9 Å². The van der Waals surface area contributed by atoms with E-state index in [1.54, 1.807) is 24.5 Å². The minimum Gasteiger partial charge on any atom is -0.495 e. The average molecular weight is 398 g/mol. The summed E-state index contributed by atoms with van der Waals surface area (Å²) in [5, 5.41) is 2.97. The number of anilines is 1. The van der Waals surface area contributed by atoms with Crippen LogP contribution >= 0.6 is 11.6 Å². The van der Waals surface area contributed by atoms with Crippen molar-refractivity contribution in [3.8, 4) is 5.75 Å². The Hall–Kier alpha value is -2.32. The molecule has 0 saturated heterocycles. The highest BCUT2D eigenvalue weighted by atomic mass is 35.5. The van der Waals surface area contributed by atoms with Crippen molar-refractivity contribution in [1.82, 2.24) is 10.3 Å². The Bertz CT molecular complexity index is 875. The highest BCUT2D eigenvalue weighted by Gasteiger charge is 2.29. The number of nitrogens with one attached hydrogen (secondary N) is 1. The number of hydrogen-bond donors (Lipinski definition) is 1. The minimum absolute atomic E-state index is 0.248. The van der Waals surface area contributed by atoms with E-state index in [0.717, 1.165) is 16.1 Å². The second-order valence-corrected chi connectivity index (χ2v) is 7.90. The molecule has 1 aromatic heterocycles.